The third-order valence-electron chi connectivity index (χ3n) is 4.63. The number of hydrogen-bond donors (Lipinski definition) is 0. The summed E-state index contributed by atoms with van der Waals surface area (Å²) in [5.41, 5.74) is 1.55. The fourth-order valence-corrected chi connectivity index (χ4v) is 3.94. The van der Waals surface area contributed by atoms with E-state index in [1.807, 2.05) is 0 Å². The van der Waals surface area contributed by atoms with E-state index in [1.165, 1.54) is 12.8 Å². The number of piperidine rings is 1. The van der Waals surface area contributed by atoms with Crippen molar-refractivity contribution in [1.82, 2.24) is 4.90 Å². The molecule has 0 aromatic heterocycles. The van der Waals surface area contributed by atoms with Gasteiger partial charge in [-0.2, -0.15) is 0 Å². The highest BCUT2D eigenvalue weighted by atomic mass is 16.6. The lowest BCUT2D eigenvalue weighted by Gasteiger charge is -2.37. The van der Waals surface area contributed by atoms with E-state index in [0.29, 0.717) is 6.04 Å². The lowest BCUT2D eigenvalue weighted by atomic mass is 9.77. The van der Waals surface area contributed by atoms with Gasteiger partial charge in [0.1, 0.15) is 0 Å². The molecule has 1 spiro atoms. The zero-order valence-electron chi connectivity index (χ0n) is 9.69. The minimum Gasteiger partial charge on any atom is -0.445 e. The van der Waals surface area contributed by atoms with Crippen LogP contribution >= 0.6 is 0 Å². The molecule has 17 heavy (non-hydrogen) atoms. The number of carbonyl (C=O) groups excluding carboxylic acids is 1. The van der Waals surface area contributed by atoms with Gasteiger partial charge in [-0.05, 0) is 25.0 Å². The third-order valence-corrected chi connectivity index (χ3v) is 4.63. The molecule has 3 heteroatoms. The van der Waals surface area contributed by atoms with Gasteiger partial charge in [-0.3, -0.25) is 4.90 Å². The van der Waals surface area contributed by atoms with E-state index in [0.717, 1.165) is 24.1 Å². The van der Waals surface area contributed by atoms with Crippen molar-refractivity contribution >= 4 is 5.97 Å². The van der Waals surface area contributed by atoms with Crippen molar-refractivity contribution in [3.63, 3.8) is 0 Å². The van der Waals surface area contributed by atoms with Crippen LogP contribution in [0.3, 0.4) is 0 Å². The molecule has 0 radical (unpaired) electrons. The Morgan fingerprint density at radius 1 is 1.47 bits per heavy atom. The van der Waals surface area contributed by atoms with Crippen molar-refractivity contribution in [1.29, 1.82) is 0 Å². The summed E-state index contributed by atoms with van der Waals surface area (Å²) in [5.74, 6) is -0.209. The first-order valence-electron chi connectivity index (χ1n) is 6.32. The zero-order chi connectivity index (χ0) is 11.6. The smallest absolute Gasteiger partial charge is 0.332 e. The SMILES string of the molecule is C=C1C2C=CC3=CC(=O)OC13C1CCCCN21. The first kappa shape index (κ1) is 9.66. The lowest BCUT2D eigenvalue weighted by Crippen LogP contribution is -2.48. The minimum absolute atomic E-state index is 0.209. The van der Waals surface area contributed by atoms with Crippen LogP contribution in [-0.4, -0.2) is 35.1 Å². The van der Waals surface area contributed by atoms with Crippen molar-refractivity contribution in [2.75, 3.05) is 6.54 Å². The Kier molecular flexibility index (Phi) is 1.65. The van der Waals surface area contributed by atoms with Gasteiger partial charge >= 0.3 is 5.97 Å². The molecule has 4 rings (SSSR count). The average Bonchev–Trinajstić information content (AvgIpc) is 2.74. The molecule has 0 N–H and O–H groups in total. The summed E-state index contributed by atoms with van der Waals surface area (Å²) < 4.78 is 5.70. The van der Waals surface area contributed by atoms with Crippen LogP contribution in [0.4, 0.5) is 0 Å². The summed E-state index contributed by atoms with van der Waals surface area (Å²) in [6.45, 7) is 5.31. The summed E-state index contributed by atoms with van der Waals surface area (Å²) in [6.07, 6.45) is 9.41. The van der Waals surface area contributed by atoms with Crippen molar-refractivity contribution in [2.45, 2.75) is 36.9 Å². The third kappa shape index (κ3) is 0.951. The quantitative estimate of drug-likeness (QED) is 0.466. The molecular formula is C14H15NO2. The van der Waals surface area contributed by atoms with E-state index in [1.54, 1.807) is 6.08 Å². The van der Waals surface area contributed by atoms with Crippen molar-refractivity contribution < 1.29 is 9.53 Å². The predicted molar refractivity (Wildman–Crippen MR) is 63.3 cm³/mol. The van der Waals surface area contributed by atoms with E-state index in [-0.39, 0.29) is 12.0 Å². The van der Waals surface area contributed by atoms with E-state index in [2.05, 4.69) is 23.6 Å². The molecule has 0 amide bonds. The summed E-state index contributed by atoms with van der Waals surface area (Å²) in [6, 6.07) is 0.574. The molecule has 0 aromatic rings. The van der Waals surface area contributed by atoms with Gasteiger partial charge in [0.15, 0.2) is 5.60 Å². The number of esters is 1. The largest absolute Gasteiger partial charge is 0.445 e. The lowest BCUT2D eigenvalue weighted by molar-refractivity contribution is -0.145. The zero-order valence-corrected chi connectivity index (χ0v) is 9.69. The second kappa shape index (κ2) is 2.91. The van der Waals surface area contributed by atoms with Crippen LogP contribution < -0.4 is 0 Å². The van der Waals surface area contributed by atoms with Crippen LogP contribution in [0.2, 0.25) is 0 Å². The molecule has 3 nitrogen and oxygen atoms in total. The maximum absolute atomic E-state index is 11.6. The van der Waals surface area contributed by atoms with Crippen LogP contribution in [0.25, 0.3) is 0 Å². The van der Waals surface area contributed by atoms with Gasteiger partial charge in [-0.25, -0.2) is 4.79 Å². The highest BCUT2D eigenvalue weighted by Gasteiger charge is 2.62. The van der Waals surface area contributed by atoms with E-state index in [9.17, 15) is 4.79 Å². The molecule has 0 saturated carbocycles. The highest BCUT2D eigenvalue weighted by Crippen LogP contribution is 2.53. The Labute approximate surface area is 100 Å². The van der Waals surface area contributed by atoms with Gasteiger partial charge in [0.05, 0.1) is 12.1 Å². The van der Waals surface area contributed by atoms with E-state index >= 15 is 0 Å². The molecule has 3 unspecified atom stereocenters. The molecule has 1 aliphatic carbocycles. The standard InChI is InChI=1S/C14H15NO2/c1-9-11-6-5-10-8-13(16)17-14(9,10)12-4-2-3-7-15(11)12/h5-6,8,11-12H,1-4,7H2. The Hall–Kier alpha value is -1.35. The Morgan fingerprint density at radius 2 is 2.35 bits per heavy atom. The van der Waals surface area contributed by atoms with Crippen LogP contribution in [0.15, 0.2) is 36.0 Å². The first-order chi connectivity index (χ1) is 8.23. The van der Waals surface area contributed by atoms with Crippen molar-refractivity contribution in [3.8, 4) is 0 Å². The van der Waals surface area contributed by atoms with Crippen molar-refractivity contribution in [2.24, 2.45) is 0 Å². The fraction of sp³-hybridized carbons (Fsp3) is 0.500. The number of carbonyl (C=O) groups is 1. The number of hydrogen-bond acceptors (Lipinski definition) is 3. The number of rotatable bonds is 0. The topological polar surface area (TPSA) is 29.5 Å². The maximum atomic E-state index is 11.6. The van der Waals surface area contributed by atoms with Gasteiger partial charge in [-0.15, -0.1) is 0 Å². The monoisotopic (exact) mass is 229 g/mol. The van der Waals surface area contributed by atoms with Crippen molar-refractivity contribution in [3.05, 3.63) is 36.0 Å². The number of fused-ring (bicyclic) bond motifs is 3. The molecule has 0 aromatic carbocycles. The normalized spacial score (nSPS) is 43.2. The highest BCUT2D eigenvalue weighted by molar-refractivity contribution is 5.90. The molecule has 2 fully saturated rings. The Bertz CT molecular complexity index is 490. The van der Waals surface area contributed by atoms with E-state index in [4.69, 9.17) is 4.74 Å². The van der Waals surface area contributed by atoms with Gasteiger partial charge in [-0.1, -0.05) is 25.2 Å². The molecule has 3 aliphatic heterocycles. The van der Waals surface area contributed by atoms with Gasteiger partial charge in [0.2, 0.25) is 0 Å². The molecule has 3 atom stereocenters. The summed E-state index contributed by atoms with van der Waals surface area (Å²) in [4.78, 5) is 14.1. The van der Waals surface area contributed by atoms with Gasteiger partial charge < -0.3 is 4.74 Å². The second-order valence-corrected chi connectivity index (χ2v) is 5.34. The van der Waals surface area contributed by atoms with Gasteiger partial charge in [0.25, 0.3) is 0 Å². The summed E-state index contributed by atoms with van der Waals surface area (Å²) in [5, 5.41) is 0. The van der Waals surface area contributed by atoms with E-state index < -0.39 is 5.60 Å². The van der Waals surface area contributed by atoms with Crippen LogP contribution in [0.1, 0.15) is 19.3 Å². The average molecular weight is 229 g/mol. The van der Waals surface area contributed by atoms with Crippen LogP contribution in [0, 0.1) is 0 Å². The summed E-state index contributed by atoms with van der Waals surface area (Å²) >= 11 is 0. The Balaban J connectivity index is 1.92. The number of nitrogens with zero attached hydrogens (tertiary/aromatic N) is 1. The molecule has 3 heterocycles. The second-order valence-electron chi connectivity index (χ2n) is 5.34. The predicted octanol–water partition coefficient (Wildman–Crippen LogP) is 1.57. The van der Waals surface area contributed by atoms with Gasteiger partial charge in [0, 0.05) is 11.6 Å². The molecule has 88 valence electrons. The molecule has 2 bridgehead atoms. The molecule has 2 saturated heterocycles. The number of ether oxygens (including phenoxy) is 1. The maximum Gasteiger partial charge on any atom is 0.332 e. The van der Waals surface area contributed by atoms with Crippen LogP contribution in [-0.2, 0) is 9.53 Å². The fourth-order valence-electron chi connectivity index (χ4n) is 3.94. The minimum atomic E-state index is -0.517. The molecule has 4 aliphatic rings. The van der Waals surface area contributed by atoms with Crippen LogP contribution in [0.5, 0.6) is 0 Å². The Morgan fingerprint density at radius 3 is 3.24 bits per heavy atom. The first-order valence-corrected chi connectivity index (χ1v) is 6.32. The summed E-state index contributed by atoms with van der Waals surface area (Å²) in [7, 11) is 0. The molecular weight excluding hydrogens is 214 g/mol.